The zero-order valence-electron chi connectivity index (χ0n) is 16.0. The van der Waals surface area contributed by atoms with Crippen molar-refractivity contribution in [2.45, 2.75) is 39.7 Å². The number of carbonyl (C=O) groups excluding carboxylic acids is 1. The Kier molecular flexibility index (Phi) is 6.85. The highest BCUT2D eigenvalue weighted by Crippen LogP contribution is 2.20. The number of rotatable bonds is 6. The van der Waals surface area contributed by atoms with E-state index in [0.717, 1.165) is 43.9 Å². The standard InChI is InChI=1S/C20H32N2O3/c1-20(2,3)18(23)15-21-10-12-22(13-11-21)19(24)9-8-16-6-5-7-17(14-16)25-4/h5-7,14,18,23H,8-13,15H2,1-4H3. The summed E-state index contributed by atoms with van der Waals surface area (Å²) in [6.45, 7) is 9.98. The Morgan fingerprint density at radius 3 is 2.52 bits per heavy atom. The minimum absolute atomic E-state index is 0.107. The third-order valence-electron chi connectivity index (χ3n) is 4.92. The van der Waals surface area contributed by atoms with E-state index in [2.05, 4.69) is 25.7 Å². The lowest BCUT2D eigenvalue weighted by atomic mass is 9.89. The number of hydrogen-bond donors (Lipinski definition) is 1. The number of carbonyl (C=O) groups is 1. The molecule has 2 rings (SSSR count). The molecule has 1 saturated heterocycles. The number of hydrogen-bond acceptors (Lipinski definition) is 4. The molecule has 0 aliphatic carbocycles. The summed E-state index contributed by atoms with van der Waals surface area (Å²) < 4.78 is 5.22. The third kappa shape index (κ3) is 6.01. The lowest BCUT2D eigenvalue weighted by Gasteiger charge is -2.38. The molecule has 5 heteroatoms. The maximum Gasteiger partial charge on any atom is 0.222 e. The van der Waals surface area contributed by atoms with Crippen molar-refractivity contribution in [3.05, 3.63) is 29.8 Å². The molecule has 1 aliphatic heterocycles. The molecule has 140 valence electrons. The van der Waals surface area contributed by atoms with Crippen LogP contribution in [0, 0.1) is 5.41 Å². The average molecular weight is 348 g/mol. The predicted octanol–water partition coefficient (Wildman–Crippen LogP) is 2.18. The van der Waals surface area contributed by atoms with Gasteiger partial charge in [-0.3, -0.25) is 9.69 Å². The van der Waals surface area contributed by atoms with E-state index in [4.69, 9.17) is 4.74 Å². The van der Waals surface area contributed by atoms with Gasteiger partial charge in [-0.15, -0.1) is 0 Å². The highest BCUT2D eigenvalue weighted by molar-refractivity contribution is 5.76. The number of methoxy groups -OCH3 is 1. The fourth-order valence-corrected chi connectivity index (χ4v) is 2.94. The van der Waals surface area contributed by atoms with Gasteiger partial charge in [-0.05, 0) is 29.5 Å². The highest BCUT2D eigenvalue weighted by Gasteiger charge is 2.27. The van der Waals surface area contributed by atoms with Gasteiger partial charge in [0.05, 0.1) is 13.2 Å². The molecule has 0 saturated carbocycles. The number of β-amino-alcohol motifs (C(OH)–C–C–N with tert-alkyl or cyclic N) is 1. The zero-order chi connectivity index (χ0) is 18.4. The topological polar surface area (TPSA) is 53.0 Å². The third-order valence-corrected chi connectivity index (χ3v) is 4.92. The van der Waals surface area contributed by atoms with Crippen molar-refractivity contribution in [2.24, 2.45) is 5.41 Å². The van der Waals surface area contributed by atoms with Crippen LogP contribution in [-0.2, 0) is 11.2 Å². The molecule has 0 aromatic heterocycles. The summed E-state index contributed by atoms with van der Waals surface area (Å²) >= 11 is 0. The van der Waals surface area contributed by atoms with E-state index >= 15 is 0 Å². The van der Waals surface area contributed by atoms with Crippen LogP contribution >= 0.6 is 0 Å². The molecule has 1 fully saturated rings. The van der Waals surface area contributed by atoms with E-state index in [1.165, 1.54) is 0 Å². The Labute approximate surface area is 151 Å². The molecule has 1 aromatic carbocycles. The molecule has 1 N–H and O–H groups in total. The minimum Gasteiger partial charge on any atom is -0.497 e. The van der Waals surface area contributed by atoms with Crippen molar-refractivity contribution in [1.29, 1.82) is 0 Å². The number of aryl methyl sites for hydroxylation is 1. The van der Waals surface area contributed by atoms with Crippen molar-refractivity contribution in [2.75, 3.05) is 39.8 Å². The maximum absolute atomic E-state index is 12.4. The molecule has 1 aromatic rings. The molecule has 5 nitrogen and oxygen atoms in total. The van der Waals surface area contributed by atoms with E-state index < -0.39 is 0 Å². The molecule has 0 radical (unpaired) electrons. The van der Waals surface area contributed by atoms with Crippen LogP contribution in [0.4, 0.5) is 0 Å². The van der Waals surface area contributed by atoms with E-state index in [0.29, 0.717) is 13.0 Å². The van der Waals surface area contributed by atoms with Crippen LogP contribution in [0.1, 0.15) is 32.8 Å². The summed E-state index contributed by atoms with van der Waals surface area (Å²) in [5.41, 5.74) is 1.02. The van der Waals surface area contributed by atoms with Crippen LogP contribution in [0.15, 0.2) is 24.3 Å². The maximum atomic E-state index is 12.4. The first-order valence-electron chi connectivity index (χ1n) is 9.10. The van der Waals surface area contributed by atoms with Crippen molar-refractivity contribution < 1.29 is 14.6 Å². The van der Waals surface area contributed by atoms with Crippen molar-refractivity contribution in [3.8, 4) is 5.75 Å². The summed E-state index contributed by atoms with van der Waals surface area (Å²) in [5, 5.41) is 10.2. The molecule has 1 heterocycles. The van der Waals surface area contributed by atoms with Gasteiger partial charge in [0.15, 0.2) is 0 Å². The second-order valence-electron chi connectivity index (χ2n) is 7.91. The Balaban J connectivity index is 1.75. The van der Waals surface area contributed by atoms with Crippen LogP contribution in [0.2, 0.25) is 0 Å². The van der Waals surface area contributed by atoms with Gasteiger partial charge in [-0.1, -0.05) is 32.9 Å². The molecule has 1 atom stereocenters. The minimum atomic E-state index is -0.345. The van der Waals surface area contributed by atoms with Gasteiger partial charge in [0, 0.05) is 39.1 Å². The number of nitrogens with zero attached hydrogens (tertiary/aromatic N) is 2. The molecule has 1 amide bonds. The molecular weight excluding hydrogens is 316 g/mol. The average Bonchev–Trinajstić information content (AvgIpc) is 2.59. The Morgan fingerprint density at radius 1 is 1.24 bits per heavy atom. The summed E-state index contributed by atoms with van der Waals surface area (Å²) in [6, 6.07) is 7.88. The smallest absolute Gasteiger partial charge is 0.222 e. The highest BCUT2D eigenvalue weighted by atomic mass is 16.5. The van der Waals surface area contributed by atoms with Gasteiger partial charge in [-0.25, -0.2) is 0 Å². The number of aliphatic hydroxyl groups excluding tert-OH is 1. The van der Waals surface area contributed by atoms with Gasteiger partial charge in [-0.2, -0.15) is 0 Å². The lowest BCUT2D eigenvalue weighted by Crippen LogP contribution is -2.51. The lowest BCUT2D eigenvalue weighted by molar-refractivity contribution is -0.133. The number of piperazine rings is 1. The largest absolute Gasteiger partial charge is 0.497 e. The number of benzene rings is 1. The zero-order valence-corrected chi connectivity index (χ0v) is 16.0. The Bertz CT molecular complexity index is 560. The first-order chi connectivity index (χ1) is 11.8. The van der Waals surface area contributed by atoms with Crippen molar-refractivity contribution in [3.63, 3.8) is 0 Å². The molecule has 25 heavy (non-hydrogen) atoms. The first kappa shape index (κ1) is 19.7. The molecule has 0 spiro atoms. The predicted molar refractivity (Wildman–Crippen MR) is 99.8 cm³/mol. The Hall–Kier alpha value is -1.59. The van der Waals surface area contributed by atoms with Gasteiger partial charge >= 0.3 is 0 Å². The molecule has 1 aliphatic rings. The van der Waals surface area contributed by atoms with Crippen molar-refractivity contribution >= 4 is 5.91 Å². The fourth-order valence-electron chi connectivity index (χ4n) is 2.94. The van der Waals surface area contributed by atoms with Crippen molar-refractivity contribution in [1.82, 2.24) is 9.80 Å². The second-order valence-corrected chi connectivity index (χ2v) is 7.91. The molecular formula is C20H32N2O3. The van der Waals surface area contributed by atoms with Crippen LogP contribution in [0.25, 0.3) is 0 Å². The van der Waals surface area contributed by atoms with Gasteiger partial charge < -0.3 is 14.7 Å². The van der Waals surface area contributed by atoms with Crippen LogP contribution in [-0.4, -0.2) is 66.8 Å². The molecule has 0 bridgehead atoms. The van der Waals surface area contributed by atoms with E-state index in [-0.39, 0.29) is 17.4 Å². The van der Waals surface area contributed by atoms with E-state index in [9.17, 15) is 9.90 Å². The monoisotopic (exact) mass is 348 g/mol. The number of amides is 1. The van der Waals surface area contributed by atoms with Crippen LogP contribution in [0.3, 0.4) is 0 Å². The summed E-state index contributed by atoms with van der Waals surface area (Å²) in [5.74, 6) is 1.04. The summed E-state index contributed by atoms with van der Waals surface area (Å²) in [6.07, 6.45) is 0.916. The number of aliphatic hydroxyl groups is 1. The second kappa shape index (κ2) is 8.68. The van der Waals surface area contributed by atoms with Crippen LogP contribution < -0.4 is 4.74 Å². The normalized spacial score (nSPS) is 17.4. The van der Waals surface area contributed by atoms with Gasteiger partial charge in [0.25, 0.3) is 0 Å². The fraction of sp³-hybridized carbons (Fsp3) is 0.650. The van der Waals surface area contributed by atoms with E-state index in [1.54, 1.807) is 7.11 Å². The first-order valence-corrected chi connectivity index (χ1v) is 9.10. The quantitative estimate of drug-likeness (QED) is 0.856. The van der Waals surface area contributed by atoms with Crippen LogP contribution in [0.5, 0.6) is 5.75 Å². The Morgan fingerprint density at radius 2 is 1.92 bits per heavy atom. The van der Waals surface area contributed by atoms with Gasteiger partial charge in [0.2, 0.25) is 5.91 Å². The molecule has 1 unspecified atom stereocenters. The van der Waals surface area contributed by atoms with Gasteiger partial charge in [0.1, 0.15) is 5.75 Å². The SMILES string of the molecule is COc1cccc(CCC(=O)N2CCN(CC(O)C(C)(C)C)CC2)c1. The number of ether oxygens (including phenoxy) is 1. The summed E-state index contributed by atoms with van der Waals surface area (Å²) in [4.78, 5) is 16.6. The van der Waals surface area contributed by atoms with E-state index in [1.807, 2.05) is 29.2 Å². The summed E-state index contributed by atoms with van der Waals surface area (Å²) in [7, 11) is 1.65.